The molecule has 98 valence electrons. The molecule has 0 aromatic heterocycles. The van der Waals surface area contributed by atoms with Crippen LogP contribution < -0.4 is 10.9 Å². The summed E-state index contributed by atoms with van der Waals surface area (Å²) in [6.07, 6.45) is 7.72. The molecule has 0 unspecified atom stereocenters. The minimum Gasteiger partial charge on any atom is -0.273 e. The van der Waals surface area contributed by atoms with E-state index in [0.29, 0.717) is 0 Å². The van der Waals surface area contributed by atoms with E-state index in [2.05, 4.69) is 36.9 Å². The molecule has 0 aromatic carbocycles. The van der Waals surface area contributed by atoms with Gasteiger partial charge in [-0.15, -0.1) is 0 Å². The van der Waals surface area contributed by atoms with Gasteiger partial charge in [-0.05, 0) is 39.5 Å². The Labute approximate surface area is 107 Å². The Morgan fingerprint density at radius 1 is 1.22 bits per heavy atom. The fourth-order valence-corrected chi connectivity index (χ4v) is 2.61. The Morgan fingerprint density at radius 2 is 1.89 bits per heavy atom. The molecule has 2 rings (SSSR count). The lowest BCUT2D eigenvalue weighted by molar-refractivity contribution is -0.144. The van der Waals surface area contributed by atoms with Gasteiger partial charge < -0.3 is 0 Å². The van der Waals surface area contributed by atoms with Crippen molar-refractivity contribution < 1.29 is 9.59 Å². The number of hydrogen-bond acceptors (Lipinski definition) is 2. The van der Waals surface area contributed by atoms with E-state index in [0.717, 1.165) is 25.7 Å². The third-order valence-corrected chi connectivity index (χ3v) is 3.66. The molecule has 1 saturated heterocycles. The third-order valence-electron chi connectivity index (χ3n) is 3.66. The van der Waals surface area contributed by atoms with Gasteiger partial charge in [0.25, 0.3) is 0 Å². The second-order valence-corrected chi connectivity index (χ2v) is 5.31. The van der Waals surface area contributed by atoms with E-state index in [1.807, 2.05) is 0 Å². The minimum atomic E-state index is -0.176. The Kier molecular flexibility index (Phi) is 3.84. The van der Waals surface area contributed by atoms with E-state index < -0.39 is 0 Å². The van der Waals surface area contributed by atoms with Crippen LogP contribution in [0.25, 0.3) is 0 Å². The van der Waals surface area contributed by atoms with Crippen LogP contribution in [0, 0.1) is 11.8 Å². The second kappa shape index (κ2) is 5.38. The molecule has 0 spiro atoms. The van der Waals surface area contributed by atoms with E-state index in [1.54, 1.807) is 0 Å². The molecular weight excluding hydrogens is 228 g/mol. The summed E-state index contributed by atoms with van der Waals surface area (Å²) in [7, 11) is 0. The molecule has 1 aliphatic heterocycles. The smallest absolute Gasteiger partial charge is 0.242 e. The van der Waals surface area contributed by atoms with Gasteiger partial charge in [0.1, 0.15) is 0 Å². The van der Waals surface area contributed by atoms with Crippen LogP contribution in [-0.4, -0.2) is 11.8 Å². The SMILES string of the molecule is CC(C)=CC/C=C1\CC[C@@H]2C(=O)NNC(=O)[C@@H]2C1. The van der Waals surface area contributed by atoms with Gasteiger partial charge in [0.05, 0.1) is 11.8 Å². The van der Waals surface area contributed by atoms with E-state index in [-0.39, 0.29) is 23.7 Å². The average Bonchev–Trinajstić information content (AvgIpc) is 2.34. The molecule has 4 nitrogen and oxygen atoms in total. The van der Waals surface area contributed by atoms with E-state index in [4.69, 9.17) is 0 Å². The van der Waals surface area contributed by atoms with Crippen LogP contribution in [0.15, 0.2) is 23.3 Å². The fourth-order valence-electron chi connectivity index (χ4n) is 2.61. The van der Waals surface area contributed by atoms with Crippen molar-refractivity contribution in [1.82, 2.24) is 10.9 Å². The molecule has 2 amide bonds. The van der Waals surface area contributed by atoms with E-state index in [9.17, 15) is 9.59 Å². The van der Waals surface area contributed by atoms with Crippen molar-refractivity contribution in [3.63, 3.8) is 0 Å². The number of allylic oxidation sites excluding steroid dienone is 4. The average molecular weight is 248 g/mol. The van der Waals surface area contributed by atoms with Crippen LogP contribution in [0.1, 0.15) is 39.5 Å². The molecule has 0 bridgehead atoms. The second-order valence-electron chi connectivity index (χ2n) is 5.31. The molecule has 18 heavy (non-hydrogen) atoms. The molecular formula is C14H20N2O2. The molecule has 1 saturated carbocycles. The van der Waals surface area contributed by atoms with Gasteiger partial charge in [-0.3, -0.25) is 20.4 Å². The van der Waals surface area contributed by atoms with Crippen molar-refractivity contribution in [2.24, 2.45) is 11.8 Å². The molecule has 1 heterocycles. The first-order valence-corrected chi connectivity index (χ1v) is 6.49. The number of rotatable bonds is 2. The van der Waals surface area contributed by atoms with Crippen LogP contribution in [0.2, 0.25) is 0 Å². The number of carbonyl (C=O) groups excluding carboxylic acids is 2. The number of amides is 2. The van der Waals surface area contributed by atoms with Crippen molar-refractivity contribution in [2.75, 3.05) is 0 Å². The molecule has 0 radical (unpaired) electrons. The zero-order chi connectivity index (χ0) is 13.1. The van der Waals surface area contributed by atoms with Crippen molar-refractivity contribution in [3.8, 4) is 0 Å². The van der Waals surface area contributed by atoms with Crippen molar-refractivity contribution >= 4 is 11.8 Å². The summed E-state index contributed by atoms with van der Waals surface area (Å²) in [6.45, 7) is 4.16. The van der Waals surface area contributed by atoms with Crippen LogP contribution >= 0.6 is 0 Å². The maximum atomic E-state index is 11.7. The Balaban J connectivity index is 2.02. The third kappa shape index (κ3) is 2.81. The van der Waals surface area contributed by atoms with Crippen molar-refractivity contribution in [2.45, 2.75) is 39.5 Å². The predicted molar refractivity (Wildman–Crippen MR) is 69.2 cm³/mol. The number of fused-ring (bicyclic) bond motifs is 1. The summed E-state index contributed by atoms with van der Waals surface area (Å²) in [5.41, 5.74) is 7.49. The normalized spacial score (nSPS) is 29.3. The molecule has 2 fully saturated rings. The monoisotopic (exact) mass is 248 g/mol. The molecule has 2 N–H and O–H groups in total. The summed E-state index contributed by atoms with van der Waals surface area (Å²) >= 11 is 0. The van der Waals surface area contributed by atoms with Crippen LogP contribution in [0.5, 0.6) is 0 Å². The zero-order valence-corrected chi connectivity index (χ0v) is 11.0. The van der Waals surface area contributed by atoms with Crippen LogP contribution in [0.4, 0.5) is 0 Å². The zero-order valence-electron chi connectivity index (χ0n) is 11.0. The highest BCUT2D eigenvalue weighted by Crippen LogP contribution is 2.35. The maximum absolute atomic E-state index is 11.7. The van der Waals surface area contributed by atoms with Gasteiger partial charge in [0, 0.05) is 0 Å². The number of hydrazine groups is 1. The highest BCUT2D eigenvalue weighted by atomic mass is 16.2. The van der Waals surface area contributed by atoms with Gasteiger partial charge in [0.15, 0.2) is 0 Å². The van der Waals surface area contributed by atoms with E-state index in [1.165, 1.54) is 11.1 Å². The first-order valence-electron chi connectivity index (χ1n) is 6.49. The molecule has 4 heteroatoms. The topological polar surface area (TPSA) is 58.2 Å². The Bertz CT molecular complexity index is 420. The van der Waals surface area contributed by atoms with Crippen molar-refractivity contribution in [3.05, 3.63) is 23.3 Å². The highest BCUT2D eigenvalue weighted by Gasteiger charge is 2.40. The van der Waals surface area contributed by atoms with Gasteiger partial charge in [-0.2, -0.15) is 0 Å². The quantitative estimate of drug-likeness (QED) is 0.733. The lowest BCUT2D eigenvalue weighted by Gasteiger charge is -2.34. The summed E-state index contributed by atoms with van der Waals surface area (Å²) in [6, 6.07) is 0. The maximum Gasteiger partial charge on any atom is 0.242 e. The highest BCUT2D eigenvalue weighted by molar-refractivity contribution is 5.93. The minimum absolute atomic E-state index is 0.0389. The predicted octanol–water partition coefficient (Wildman–Crippen LogP) is 1.85. The number of carbonyl (C=O) groups is 2. The van der Waals surface area contributed by atoms with Crippen molar-refractivity contribution in [1.29, 1.82) is 0 Å². The lowest BCUT2D eigenvalue weighted by atomic mass is 9.75. The molecule has 2 aliphatic rings. The Hall–Kier alpha value is -1.58. The molecule has 1 aliphatic carbocycles. The van der Waals surface area contributed by atoms with Gasteiger partial charge in [-0.1, -0.05) is 23.3 Å². The van der Waals surface area contributed by atoms with Crippen LogP contribution in [-0.2, 0) is 9.59 Å². The van der Waals surface area contributed by atoms with Gasteiger partial charge in [0.2, 0.25) is 11.8 Å². The largest absolute Gasteiger partial charge is 0.273 e. The summed E-state index contributed by atoms with van der Waals surface area (Å²) in [4.78, 5) is 23.4. The molecule has 0 aromatic rings. The molecule has 2 atom stereocenters. The van der Waals surface area contributed by atoms with Gasteiger partial charge >= 0.3 is 0 Å². The standard InChI is InChI=1S/C14H20N2O2/c1-9(2)4-3-5-10-6-7-11-12(8-10)14(18)16-15-13(11)17/h4-5,11-12H,3,6-8H2,1-2H3,(H,15,17)(H,16,18)/b10-5+/t11-,12+/m0/s1. The summed E-state index contributed by atoms with van der Waals surface area (Å²) in [5.74, 6) is -0.403. The number of hydrogen-bond donors (Lipinski definition) is 2. The first kappa shape index (κ1) is 12.9. The first-order chi connectivity index (χ1) is 8.58. The Morgan fingerprint density at radius 3 is 2.56 bits per heavy atom. The summed E-state index contributed by atoms with van der Waals surface area (Å²) in [5, 5.41) is 0. The van der Waals surface area contributed by atoms with Gasteiger partial charge in [-0.25, -0.2) is 0 Å². The van der Waals surface area contributed by atoms with Crippen LogP contribution in [0.3, 0.4) is 0 Å². The summed E-state index contributed by atoms with van der Waals surface area (Å²) < 4.78 is 0. The number of nitrogens with one attached hydrogen (secondary N) is 2. The lowest BCUT2D eigenvalue weighted by Crippen LogP contribution is -2.57. The fraction of sp³-hybridized carbons (Fsp3) is 0.571. The van der Waals surface area contributed by atoms with E-state index >= 15 is 0 Å².